The predicted octanol–water partition coefficient (Wildman–Crippen LogP) is -4.77. The Morgan fingerprint density at radius 1 is 0.774 bits per heavy atom. The topological polar surface area (TPSA) is 260 Å². The molecule has 0 rings (SSSR count). The number of hydrogen-bond acceptors (Lipinski definition) is 9. The van der Waals surface area contributed by atoms with Crippen LogP contribution >= 0.6 is 0 Å². The molecule has 0 aliphatic rings. The van der Waals surface area contributed by atoms with Gasteiger partial charge in [0.25, 0.3) is 0 Å². The molecule has 0 aliphatic carbocycles. The summed E-state index contributed by atoms with van der Waals surface area (Å²) in [6.45, 7) is -1.36. The van der Waals surface area contributed by atoms with Crippen molar-refractivity contribution in [3.05, 3.63) is 0 Å². The van der Waals surface area contributed by atoms with Crippen molar-refractivity contribution in [2.75, 3.05) is 19.8 Å². The minimum Gasteiger partial charge on any atom is -0.480 e. The average molecular weight is 448 g/mol. The number of carbonyl (C=O) groups excluding carboxylic acids is 4. The van der Waals surface area contributed by atoms with Crippen LogP contribution in [-0.2, 0) is 24.0 Å². The van der Waals surface area contributed by atoms with E-state index in [0.29, 0.717) is 19.4 Å². The van der Waals surface area contributed by atoms with Crippen LogP contribution in [0.3, 0.4) is 0 Å². The molecule has 31 heavy (non-hydrogen) atoms. The molecule has 0 aromatic carbocycles. The molecule has 0 spiro atoms. The lowest BCUT2D eigenvalue weighted by atomic mass is 10.1. The maximum Gasteiger partial charge on any atom is 0.326 e. The van der Waals surface area contributed by atoms with Crippen molar-refractivity contribution in [3.8, 4) is 0 Å². The molecule has 0 fully saturated rings. The van der Waals surface area contributed by atoms with Gasteiger partial charge in [0.05, 0.1) is 19.3 Å². The highest BCUT2D eigenvalue weighted by Crippen LogP contribution is 2.02. The fourth-order valence-electron chi connectivity index (χ4n) is 2.39. The van der Waals surface area contributed by atoms with E-state index >= 15 is 0 Å². The van der Waals surface area contributed by atoms with E-state index in [1.807, 2.05) is 0 Å². The van der Waals surface area contributed by atoms with Crippen LogP contribution in [0.5, 0.6) is 0 Å². The SMILES string of the molecule is NCCCCC(NC(=O)C(CO)NC(=O)C(CO)NC(=O)C(N)CCC(N)=O)C(=O)O. The molecule has 0 aliphatic heterocycles. The number of carboxylic acids is 1. The van der Waals surface area contributed by atoms with Gasteiger partial charge in [0.15, 0.2) is 0 Å². The minimum absolute atomic E-state index is 0.0800. The Morgan fingerprint density at radius 2 is 1.26 bits per heavy atom. The smallest absolute Gasteiger partial charge is 0.326 e. The Balaban J connectivity index is 4.91. The number of amides is 4. The van der Waals surface area contributed by atoms with Crippen molar-refractivity contribution in [1.82, 2.24) is 16.0 Å². The van der Waals surface area contributed by atoms with Crippen molar-refractivity contribution in [2.45, 2.75) is 56.3 Å². The summed E-state index contributed by atoms with van der Waals surface area (Å²) in [7, 11) is 0. The number of carboxylic acid groups (broad SMARTS) is 1. The summed E-state index contributed by atoms with van der Waals surface area (Å²) < 4.78 is 0. The van der Waals surface area contributed by atoms with Crippen molar-refractivity contribution in [3.63, 3.8) is 0 Å². The van der Waals surface area contributed by atoms with E-state index in [-0.39, 0.29) is 19.3 Å². The Labute approximate surface area is 178 Å². The van der Waals surface area contributed by atoms with E-state index in [1.54, 1.807) is 0 Å². The van der Waals surface area contributed by atoms with Gasteiger partial charge < -0.3 is 48.5 Å². The Bertz CT molecular complexity index is 632. The van der Waals surface area contributed by atoms with E-state index < -0.39 is 67.0 Å². The quantitative estimate of drug-likeness (QED) is 0.102. The van der Waals surface area contributed by atoms with Gasteiger partial charge in [-0.25, -0.2) is 4.79 Å². The van der Waals surface area contributed by atoms with Crippen LogP contribution in [0.1, 0.15) is 32.1 Å². The number of aliphatic hydroxyl groups is 2. The van der Waals surface area contributed by atoms with Gasteiger partial charge in [-0.15, -0.1) is 0 Å². The summed E-state index contributed by atoms with van der Waals surface area (Å²) in [6, 6.07) is -5.45. The fourth-order valence-corrected chi connectivity index (χ4v) is 2.39. The van der Waals surface area contributed by atoms with E-state index in [0.717, 1.165) is 0 Å². The van der Waals surface area contributed by atoms with Gasteiger partial charge in [-0.1, -0.05) is 0 Å². The lowest BCUT2D eigenvalue weighted by molar-refractivity contribution is -0.143. The number of aliphatic carboxylic acids is 1. The second-order valence-corrected chi connectivity index (χ2v) is 6.78. The average Bonchev–Trinajstić information content (AvgIpc) is 2.72. The van der Waals surface area contributed by atoms with Crippen LogP contribution < -0.4 is 33.2 Å². The molecule has 4 amide bonds. The molecular formula is C17H32N6O8. The highest BCUT2D eigenvalue weighted by Gasteiger charge is 2.29. The molecule has 12 N–H and O–H groups in total. The third-order valence-electron chi connectivity index (χ3n) is 4.23. The first kappa shape index (κ1) is 28.2. The van der Waals surface area contributed by atoms with Crippen molar-refractivity contribution >= 4 is 29.6 Å². The molecule has 0 radical (unpaired) electrons. The molecule has 0 heterocycles. The van der Waals surface area contributed by atoms with Crippen LogP contribution in [0.2, 0.25) is 0 Å². The summed E-state index contributed by atoms with van der Waals surface area (Å²) >= 11 is 0. The molecule has 4 unspecified atom stereocenters. The van der Waals surface area contributed by atoms with E-state index in [2.05, 4.69) is 16.0 Å². The van der Waals surface area contributed by atoms with Crippen molar-refractivity contribution in [1.29, 1.82) is 0 Å². The zero-order chi connectivity index (χ0) is 24.0. The monoisotopic (exact) mass is 448 g/mol. The molecule has 4 atom stereocenters. The number of unbranched alkanes of at least 4 members (excludes halogenated alkanes) is 1. The Hall–Kier alpha value is -2.81. The molecule has 0 bridgehead atoms. The standard InChI is InChI=1S/C17H32N6O8/c18-6-2-1-3-10(17(30)31)21-15(28)12(8-25)23-16(29)11(7-24)22-14(27)9(19)4-5-13(20)26/h9-12,24-25H,1-8,18-19H2,(H2,20,26)(H,21,28)(H,22,27)(H,23,29)(H,30,31). The number of aliphatic hydroxyl groups excluding tert-OH is 2. The second-order valence-electron chi connectivity index (χ2n) is 6.78. The summed E-state index contributed by atoms with van der Waals surface area (Å²) in [6.07, 6.45) is 0.859. The van der Waals surface area contributed by atoms with E-state index in [9.17, 15) is 39.3 Å². The molecule has 0 aromatic rings. The van der Waals surface area contributed by atoms with Gasteiger partial charge in [0.1, 0.15) is 18.1 Å². The van der Waals surface area contributed by atoms with E-state index in [1.165, 1.54) is 0 Å². The summed E-state index contributed by atoms with van der Waals surface area (Å²) in [4.78, 5) is 58.6. The number of rotatable bonds is 16. The predicted molar refractivity (Wildman–Crippen MR) is 107 cm³/mol. The highest BCUT2D eigenvalue weighted by molar-refractivity contribution is 5.94. The van der Waals surface area contributed by atoms with Crippen LogP contribution in [0, 0.1) is 0 Å². The van der Waals surface area contributed by atoms with Gasteiger partial charge in [-0.3, -0.25) is 19.2 Å². The molecule has 0 saturated heterocycles. The van der Waals surface area contributed by atoms with Gasteiger partial charge in [-0.05, 0) is 32.2 Å². The third-order valence-corrected chi connectivity index (χ3v) is 4.23. The second kappa shape index (κ2) is 15.1. The highest BCUT2D eigenvalue weighted by atomic mass is 16.4. The zero-order valence-electron chi connectivity index (χ0n) is 17.1. The lowest BCUT2D eigenvalue weighted by Crippen LogP contribution is -2.59. The van der Waals surface area contributed by atoms with Crippen molar-refractivity contribution < 1.29 is 39.3 Å². The first-order valence-electron chi connectivity index (χ1n) is 9.66. The molecule has 14 heteroatoms. The number of nitrogens with one attached hydrogen (secondary N) is 3. The molecule has 178 valence electrons. The van der Waals surface area contributed by atoms with Crippen LogP contribution in [-0.4, -0.2) is 88.8 Å². The van der Waals surface area contributed by atoms with Crippen LogP contribution in [0.25, 0.3) is 0 Å². The molecular weight excluding hydrogens is 416 g/mol. The van der Waals surface area contributed by atoms with Gasteiger partial charge in [-0.2, -0.15) is 0 Å². The van der Waals surface area contributed by atoms with Gasteiger partial charge in [0, 0.05) is 6.42 Å². The first-order chi connectivity index (χ1) is 14.6. The number of nitrogens with two attached hydrogens (primary N) is 3. The fraction of sp³-hybridized carbons (Fsp3) is 0.706. The van der Waals surface area contributed by atoms with Crippen LogP contribution in [0.15, 0.2) is 0 Å². The molecule has 0 aromatic heterocycles. The Morgan fingerprint density at radius 3 is 1.68 bits per heavy atom. The summed E-state index contributed by atoms with van der Waals surface area (Å²) in [5, 5.41) is 34.4. The summed E-state index contributed by atoms with van der Waals surface area (Å²) in [5.41, 5.74) is 15.9. The summed E-state index contributed by atoms with van der Waals surface area (Å²) in [5.74, 6) is -4.77. The van der Waals surface area contributed by atoms with Crippen molar-refractivity contribution in [2.24, 2.45) is 17.2 Å². The molecule has 14 nitrogen and oxygen atoms in total. The Kier molecular flexibility index (Phi) is 13.7. The zero-order valence-corrected chi connectivity index (χ0v) is 17.1. The largest absolute Gasteiger partial charge is 0.480 e. The first-order valence-corrected chi connectivity index (χ1v) is 9.66. The lowest BCUT2D eigenvalue weighted by Gasteiger charge is -2.23. The number of carbonyl (C=O) groups is 5. The van der Waals surface area contributed by atoms with Crippen LogP contribution in [0.4, 0.5) is 0 Å². The maximum absolute atomic E-state index is 12.3. The maximum atomic E-state index is 12.3. The number of primary amides is 1. The van der Waals surface area contributed by atoms with Gasteiger partial charge >= 0.3 is 5.97 Å². The number of hydrogen-bond donors (Lipinski definition) is 9. The van der Waals surface area contributed by atoms with E-state index in [4.69, 9.17) is 17.2 Å². The minimum atomic E-state index is -1.53. The van der Waals surface area contributed by atoms with Gasteiger partial charge in [0.2, 0.25) is 23.6 Å². The molecule has 0 saturated carbocycles. The third kappa shape index (κ3) is 11.2. The normalized spacial score (nSPS) is 14.6.